The Balaban J connectivity index is 2.61. The van der Waals surface area contributed by atoms with E-state index in [-0.39, 0.29) is 5.01 Å². The summed E-state index contributed by atoms with van der Waals surface area (Å²) in [7, 11) is 0. The van der Waals surface area contributed by atoms with Crippen molar-refractivity contribution in [3.8, 4) is 6.07 Å². The largest absolute Gasteiger partial charge is 0.289 e. The van der Waals surface area contributed by atoms with Crippen LogP contribution in [0.2, 0.25) is 0 Å². The zero-order chi connectivity index (χ0) is 10.1. The van der Waals surface area contributed by atoms with Crippen LogP contribution in [0.4, 0.5) is 8.78 Å². The van der Waals surface area contributed by atoms with Crippen LogP contribution in [-0.4, -0.2) is 4.98 Å². The fourth-order valence-corrected chi connectivity index (χ4v) is 1.97. The molecule has 0 saturated carbocycles. The molecule has 0 atom stereocenters. The predicted octanol–water partition coefficient (Wildman–Crippen LogP) is 3.11. The van der Waals surface area contributed by atoms with Crippen LogP contribution in [0.1, 0.15) is 17.0 Å². The number of nitrogens with zero attached hydrogens (tertiary/aromatic N) is 2. The van der Waals surface area contributed by atoms with Crippen molar-refractivity contribution in [1.82, 2.24) is 4.98 Å². The van der Waals surface area contributed by atoms with Gasteiger partial charge in [-0.2, -0.15) is 5.26 Å². The van der Waals surface area contributed by atoms with Gasteiger partial charge in [0.15, 0.2) is 5.01 Å². The van der Waals surface area contributed by atoms with E-state index in [1.54, 1.807) is 18.2 Å². The van der Waals surface area contributed by atoms with Crippen LogP contribution in [0.25, 0.3) is 10.2 Å². The summed E-state index contributed by atoms with van der Waals surface area (Å²) in [5.74, 6) is 0. The standard InChI is InChI=1S/C9H4F2N2S/c10-8(11)9-13-6-2-1-5(4-12)3-7(6)14-9/h1-3,8H. The van der Waals surface area contributed by atoms with Crippen LogP contribution in [0.5, 0.6) is 0 Å². The van der Waals surface area contributed by atoms with Gasteiger partial charge in [-0.3, -0.25) is 0 Å². The van der Waals surface area contributed by atoms with E-state index in [1.165, 1.54) is 0 Å². The molecule has 0 amide bonds. The second-order valence-corrected chi connectivity index (χ2v) is 3.71. The lowest BCUT2D eigenvalue weighted by Gasteiger charge is -1.86. The van der Waals surface area contributed by atoms with Crippen LogP contribution in [0.3, 0.4) is 0 Å². The smallest absolute Gasteiger partial charge is 0.235 e. The SMILES string of the molecule is N#Cc1ccc2nc(C(F)F)sc2c1. The third-order valence-electron chi connectivity index (χ3n) is 1.72. The second-order valence-electron chi connectivity index (χ2n) is 2.65. The lowest BCUT2D eigenvalue weighted by atomic mass is 10.2. The number of nitriles is 1. The molecule has 5 heteroatoms. The van der Waals surface area contributed by atoms with Gasteiger partial charge in [-0.1, -0.05) is 0 Å². The highest BCUT2D eigenvalue weighted by Crippen LogP contribution is 2.29. The maximum atomic E-state index is 12.3. The predicted molar refractivity (Wildman–Crippen MR) is 49.3 cm³/mol. The van der Waals surface area contributed by atoms with Crippen molar-refractivity contribution >= 4 is 21.6 Å². The molecule has 14 heavy (non-hydrogen) atoms. The van der Waals surface area contributed by atoms with Gasteiger partial charge in [0.05, 0.1) is 21.8 Å². The van der Waals surface area contributed by atoms with E-state index in [9.17, 15) is 8.78 Å². The maximum Gasteiger partial charge on any atom is 0.289 e. The first-order chi connectivity index (χ1) is 6.70. The number of fused-ring (bicyclic) bond motifs is 1. The van der Waals surface area contributed by atoms with E-state index in [4.69, 9.17) is 5.26 Å². The first-order valence-corrected chi connectivity index (χ1v) is 4.61. The molecule has 0 aliphatic carbocycles. The number of rotatable bonds is 1. The summed E-state index contributed by atoms with van der Waals surface area (Å²) in [6.07, 6.45) is -2.54. The zero-order valence-corrected chi connectivity index (χ0v) is 7.68. The number of hydrogen-bond donors (Lipinski definition) is 0. The highest BCUT2D eigenvalue weighted by Gasteiger charge is 2.13. The molecule has 0 bridgehead atoms. The number of benzene rings is 1. The van der Waals surface area contributed by atoms with Gasteiger partial charge in [0.25, 0.3) is 6.43 Å². The van der Waals surface area contributed by atoms with Crippen molar-refractivity contribution in [2.45, 2.75) is 6.43 Å². The van der Waals surface area contributed by atoms with Crippen molar-refractivity contribution in [2.75, 3.05) is 0 Å². The number of alkyl halides is 2. The Hall–Kier alpha value is -1.54. The third kappa shape index (κ3) is 1.44. The van der Waals surface area contributed by atoms with E-state index < -0.39 is 6.43 Å². The summed E-state index contributed by atoms with van der Waals surface area (Å²) in [4.78, 5) is 3.75. The minimum Gasteiger partial charge on any atom is -0.235 e. The summed E-state index contributed by atoms with van der Waals surface area (Å²) < 4.78 is 25.2. The van der Waals surface area contributed by atoms with E-state index in [2.05, 4.69) is 4.98 Å². The topological polar surface area (TPSA) is 36.7 Å². The Labute approximate surface area is 82.4 Å². The Morgan fingerprint density at radius 3 is 2.86 bits per heavy atom. The molecule has 0 N–H and O–H groups in total. The first kappa shape index (κ1) is 9.03. The molecular formula is C9H4F2N2S. The van der Waals surface area contributed by atoms with E-state index in [0.29, 0.717) is 15.8 Å². The van der Waals surface area contributed by atoms with Gasteiger partial charge in [-0.25, -0.2) is 13.8 Å². The number of hydrogen-bond acceptors (Lipinski definition) is 3. The minimum atomic E-state index is -2.54. The molecule has 70 valence electrons. The lowest BCUT2D eigenvalue weighted by molar-refractivity contribution is 0.151. The molecule has 0 aliphatic rings. The van der Waals surface area contributed by atoms with Crippen LogP contribution in [-0.2, 0) is 0 Å². The van der Waals surface area contributed by atoms with Crippen LogP contribution in [0, 0.1) is 11.3 Å². The minimum absolute atomic E-state index is 0.199. The van der Waals surface area contributed by atoms with Crippen molar-refractivity contribution in [3.05, 3.63) is 28.8 Å². The zero-order valence-electron chi connectivity index (χ0n) is 6.87. The Kier molecular flexibility index (Phi) is 2.14. The monoisotopic (exact) mass is 210 g/mol. The van der Waals surface area contributed by atoms with Crippen LogP contribution >= 0.6 is 11.3 Å². The molecule has 1 aromatic heterocycles. The highest BCUT2D eigenvalue weighted by molar-refractivity contribution is 7.18. The molecule has 0 unspecified atom stereocenters. The van der Waals surface area contributed by atoms with Crippen molar-refractivity contribution in [1.29, 1.82) is 5.26 Å². The average molecular weight is 210 g/mol. The summed E-state index contributed by atoms with van der Waals surface area (Å²) >= 11 is 0.923. The van der Waals surface area contributed by atoms with Crippen LogP contribution < -0.4 is 0 Å². The molecule has 1 heterocycles. The molecule has 2 aromatic rings. The molecule has 2 nitrogen and oxygen atoms in total. The van der Waals surface area contributed by atoms with Gasteiger partial charge in [0, 0.05) is 0 Å². The highest BCUT2D eigenvalue weighted by atomic mass is 32.1. The lowest BCUT2D eigenvalue weighted by Crippen LogP contribution is -1.79. The Morgan fingerprint density at radius 2 is 2.21 bits per heavy atom. The molecule has 0 spiro atoms. The van der Waals surface area contributed by atoms with Gasteiger partial charge < -0.3 is 0 Å². The first-order valence-electron chi connectivity index (χ1n) is 3.79. The average Bonchev–Trinajstić information content (AvgIpc) is 2.59. The summed E-state index contributed by atoms with van der Waals surface area (Å²) in [5, 5.41) is 8.40. The van der Waals surface area contributed by atoms with Crippen LogP contribution in [0.15, 0.2) is 18.2 Å². The number of thiazole rings is 1. The Bertz CT molecular complexity index is 513. The van der Waals surface area contributed by atoms with Gasteiger partial charge in [0.1, 0.15) is 0 Å². The summed E-state index contributed by atoms with van der Waals surface area (Å²) in [6, 6.07) is 6.66. The molecule has 0 fully saturated rings. The van der Waals surface area contributed by atoms with Crippen molar-refractivity contribution in [3.63, 3.8) is 0 Å². The number of aromatic nitrogens is 1. The molecule has 1 aromatic carbocycles. The quantitative estimate of drug-likeness (QED) is 0.725. The van der Waals surface area contributed by atoms with Gasteiger partial charge in [0.2, 0.25) is 0 Å². The fraction of sp³-hybridized carbons (Fsp3) is 0.111. The maximum absolute atomic E-state index is 12.3. The van der Waals surface area contributed by atoms with Gasteiger partial charge in [-0.05, 0) is 18.2 Å². The normalized spacial score (nSPS) is 10.7. The molecule has 0 radical (unpaired) electrons. The van der Waals surface area contributed by atoms with Gasteiger partial charge in [-0.15, -0.1) is 11.3 Å². The van der Waals surface area contributed by atoms with Crippen molar-refractivity contribution < 1.29 is 8.78 Å². The van der Waals surface area contributed by atoms with E-state index >= 15 is 0 Å². The molecule has 2 rings (SSSR count). The van der Waals surface area contributed by atoms with E-state index in [1.807, 2.05) is 6.07 Å². The number of halogens is 2. The van der Waals surface area contributed by atoms with E-state index in [0.717, 1.165) is 11.3 Å². The Morgan fingerprint density at radius 1 is 1.43 bits per heavy atom. The summed E-state index contributed by atoms with van der Waals surface area (Å²) in [6.45, 7) is 0. The summed E-state index contributed by atoms with van der Waals surface area (Å²) in [5.41, 5.74) is 0.978. The second kappa shape index (κ2) is 3.31. The molecular weight excluding hydrogens is 206 g/mol. The third-order valence-corrected chi connectivity index (χ3v) is 2.75. The van der Waals surface area contributed by atoms with Gasteiger partial charge >= 0.3 is 0 Å². The van der Waals surface area contributed by atoms with Crippen molar-refractivity contribution in [2.24, 2.45) is 0 Å². The molecule has 0 aliphatic heterocycles. The molecule has 0 saturated heterocycles. The fourth-order valence-electron chi connectivity index (χ4n) is 1.11.